The van der Waals surface area contributed by atoms with Crippen LogP contribution < -0.4 is 5.32 Å². The average molecular weight is 361 g/mol. The Labute approximate surface area is 156 Å². The van der Waals surface area contributed by atoms with Crippen LogP contribution in [-0.4, -0.2) is 35.0 Å². The van der Waals surface area contributed by atoms with E-state index < -0.39 is 0 Å². The van der Waals surface area contributed by atoms with Crippen molar-refractivity contribution in [2.45, 2.75) is 88.4 Å². The molecule has 1 aromatic carbocycles. The number of amides is 1. The number of nitrogens with zero attached hydrogens (tertiary/aromatic N) is 1. The fraction of sp³-hybridized carbons (Fsp3) is 0.667. The lowest BCUT2D eigenvalue weighted by Crippen LogP contribution is -2.60. The van der Waals surface area contributed by atoms with Gasteiger partial charge in [0, 0.05) is 24.2 Å². The minimum Gasteiger partial charge on any atom is -0.349 e. The zero-order chi connectivity index (χ0) is 17.2. The molecule has 2 heterocycles. The molecule has 2 bridgehead atoms. The van der Waals surface area contributed by atoms with Crippen molar-refractivity contribution in [2.24, 2.45) is 0 Å². The molecule has 0 radical (unpaired) electrons. The number of rotatable bonds is 3. The topological polar surface area (TPSA) is 32.3 Å². The van der Waals surface area contributed by atoms with E-state index in [0.29, 0.717) is 28.7 Å². The van der Waals surface area contributed by atoms with Gasteiger partial charge >= 0.3 is 0 Å². The monoisotopic (exact) mass is 360 g/mol. The van der Waals surface area contributed by atoms with Crippen molar-refractivity contribution >= 4 is 17.5 Å². The van der Waals surface area contributed by atoms with E-state index >= 15 is 0 Å². The van der Waals surface area contributed by atoms with Crippen molar-refractivity contribution in [2.75, 3.05) is 0 Å². The lowest BCUT2D eigenvalue weighted by molar-refractivity contribution is -0.0211. The first-order chi connectivity index (χ1) is 12.2. The van der Waals surface area contributed by atoms with E-state index in [0.717, 1.165) is 18.9 Å². The molecule has 3 atom stereocenters. The molecule has 2 saturated heterocycles. The van der Waals surface area contributed by atoms with Gasteiger partial charge in [0.2, 0.25) is 0 Å². The zero-order valence-corrected chi connectivity index (χ0v) is 15.7. The van der Waals surface area contributed by atoms with Crippen molar-refractivity contribution in [3.8, 4) is 0 Å². The molecule has 25 heavy (non-hydrogen) atoms. The number of carbonyl (C=O) groups excluding carboxylic acids is 1. The van der Waals surface area contributed by atoms with Gasteiger partial charge in [0.15, 0.2) is 0 Å². The minimum absolute atomic E-state index is 0.0141. The minimum atomic E-state index is -0.0141. The van der Waals surface area contributed by atoms with Gasteiger partial charge in [-0.2, -0.15) is 0 Å². The second kappa shape index (κ2) is 7.67. The maximum absolute atomic E-state index is 12.6. The largest absolute Gasteiger partial charge is 0.349 e. The summed E-state index contributed by atoms with van der Waals surface area (Å²) in [7, 11) is 0. The molecular formula is C21H29ClN2O. The standard InChI is InChI=1S/C21H29ClN2O/c22-20-12-5-4-11-19(20)21(25)23-15-13-17-9-6-10-18(14-15)24(17)16-7-2-1-3-8-16/h4-5,11-12,15-18H,1-3,6-10,13-14H2,(H,23,25)/t15?,17-,18+. The van der Waals surface area contributed by atoms with Crippen LogP contribution in [0.3, 0.4) is 0 Å². The van der Waals surface area contributed by atoms with E-state index in [4.69, 9.17) is 11.6 Å². The Balaban J connectivity index is 1.43. The Morgan fingerprint density at radius 2 is 1.56 bits per heavy atom. The smallest absolute Gasteiger partial charge is 0.253 e. The predicted octanol–water partition coefficient (Wildman–Crippen LogP) is 4.79. The molecule has 1 aliphatic carbocycles. The summed E-state index contributed by atoms with van der Waals surface area (Å²) >= 11 is 6.19. The van der Waals surface area contributed by atoms with E-state index in [1.165, 1.54) is 51.4 Å². The van der Waals surface area contributed by atoms with E-state index in [1.807, 2.05) is 18.2 Å². The summed E-state index contributed by atoms with van der Waals surface area (Å²) < 4.78 is 0. The second-order valence-electron chi connectivity index (χ2n) is 8.10. The van der Waals surface area contributed by atoms with Crippen LogP contribution in [-0.2, 0) is 0 Å². The van der Waals surface area contributed by atoms with Crippen LogP contribution in [0.2, 0.25) is 5.02 Å². The molecule has 3 nitrogen and oxygen atoms in total. The summed E-state index contributed by atoms with van der Waals surface area (Å²) in [5.74, 6) is -0.0141. The van der Waals surface area contributed by atoms with Crippen LogP contribution in [0.1, 0.15) is 74.6 Å². The van der Waals surface area contributed by atoms with Crippen molar-refractivity contribution in [3.63, 3.8) is 0 Å². The number of benzene rings is 1. The van der Waals surface area contributed by atoms with Crippen LogP contribution in [0.25, 0.3) is 0 Å². The van der Waals surface area contributed by atoms with Gasteiger partial charge in [-0.15, -0.1) is 0 Å². The lowest BCUT2D eigenvalue weighted by Gasteiger charge is -2.53. The second-order valence-corrected chi connectivity index (χ2v) is 8.51. The molecule has 1 unspecified atom stereocenters. The Hall–Kier alpha value is -1.06. The summed E-state index contributed by atoms with van der Waals surface area (Å²) in [6, 6.07) is 9.75. The summed E-state index contributed by atoms with van der Waals surface area (Å²) in [5, 5.41) is 3.82. The number of carbonyl (C=O) groups is 1. The first kappa shape index (κ1) is 17.4. The maximum atomic E-state index is 12.6. The summed E-state index contributed by atoms with van der Waals surface area (Å²) in [5.41, 5.74) is 0.601. The number of hydrogen-bond donors (Lipinski definition) is 1. The molecular weight excluding hydrogens is 332 g/mol. The van der Waals surface area contributed by atoms with Gasteiger partial charge < -0.3 is 5.32 Å². The summed E-state index contributed by atoms with van der Waals surface area (Å²) in [6.45, 7) is 0. The van der Waals surface area contributed by atoms with Crippen molar-refractivity contribution in [3.05, 3.63) is 34.9 Å². The van der Waals surface area contributed by atoms with Gasteiger partial charge in [-0.3, -0.25) is 9.69 Å². The maximum Gasteiger partial charge on any atom is 0.253 e. The van der Waals surface area contributed by atoms with Gasteiger partial charge in [0.1, 0.15) is 0 Å². The zero-order valence-electron chi connectivity index (χ0n) is 14.9. The highest BCUT2D eigenvalue weighted by atomic mass is 35.5. The number of piperidine rings is 2. The van der Waals surface area contributed by atoms with Crippen molar-refractivity contribution in [1.29, 1.82) is 0 Å². The van der Waals surface area contributed by atoms with Gasteiger partial charge in [0.05, 0.1) is 10.6 Å². The first-order valence-corrected chi connectivity index (χ1v) is 10.4. The lowest BCUT2D eigenvalue weighted by atomic mass is 9.78. The third kappa shape index (κ3) is 3.73. The first-order valence-electron chi connectivity index (χ1n) is 10.0. The Bertz CT molecular complexity index is 600. The average Bonchev–Trinajstić information content (AvgIpc) is 2.62. The Kier molecular flexibility index (Phi) is 5.33. The van der Waals surface area contributed by atoms with Crippen LogP contribution in [0.4, 0.5) is 0 Å². The highest BCUT2D eigenvalue weighted by Crippen LogP contribution is 2.39. The number of fused-ring (bicyclic) bond motifs is 2. The molecule has 0 aromatic heterocycles. The van der Waals surface area contributed by atoms with Crippen molar-refractivity contribution < 1.29 is 4.79 Å². The molecule has 136 valence electrons. The van der Waals surface area contributed by atoms with Crippen LogP contribution in [0.5, 0.6) is 0 Å². The fourth-order valence-electron chi connectivity index (χ4n) is 5.42. The number of hydrogen-bond acceptors (Lipinski definition) is 2. The van der Waals surface area contributed by atoms with E-state index in [2.05, 4.69) is 10.2 Å². The highest BCUT2D eigenvalue weighted by Gasteiger charge is 2.42. The number of halogens is 1. The summed E-state index contributed by atoms with van der Waals surface area (Å²) in [6.07, 6.45) is 13.1. The van der Waals surface area contributed by atoms with Gasteiger partial charge in [-0.1, -0.05) is 49.4 Å². The Morgan fingerprint density at radius 3 is 2.24 bits per heavy atom. The molecule has 1 N–H and O–H groups in total. The molecule has 3 aliphatic rings. The van der Waals surface area contributed by atoms with Crippen molar-refractivity contribution in [1.82, 2.24) is 10.2 Å². The van der Waals surface area contributed by atoms with Gasteiger partial charge in [-0.25, -0.2) is 0 Å². The third-order valence-corrected chi connectivity index (χ3v) is 6.81. The molecule has 1 aromatic rings. The van der Waals surface area contributed by atoms with Gasteiger partial charge in [-0.05, 0) is 50.7 Å². The van der Waals surface area contributed by atoms with E-state index in [1.54, 1.807) is 6.07 Å². The highest BCUT2D eigenvalue weighted by molar-refractivity contribution is 6.33. The van der Waals surface area contributed by atoms with Gasteiger partial charge in [0.25, 0.3) is 5.91 Å². The number of nitrogens with one attached hydrogen (secondary N) is 1. The normalized spacial score (nSPS) is 30.8. The van der Waals surface area contributed by atoms with Crippen LogP contribution >= 0.6 is 11.6 Å². The molecule has 0 spiro atoms. The SMILES string of the molecule is O=C(NC1C[C@H]2CCC[C@@H](C1)N2C1CCCCC1)c1ccccc1Cl. The van der Waals surface area contributed by atoms with E-state index in [-0.39, 0.29) is 5.91 Å². The molecule has 4 rings (SSSR count). The fourth-order valence-corrected chi connectivity index (χ4v) is 5.64. The third-order valence-electron chi connectivity index (χ3n) is 6.48. The molecule has 1 saturated carbocycles. The summed E-state index contributed by atoms with van der Waals surface area (Å²) in [4.78, 5) is 15.5. The van der Waals surface area contributed by atoms with Crippen LogP contribution in [0.15, 0.2) is 24.3 Å². The Morgan fingerprint density at radius 1 is 0.920 bits per heavy atom. The van der Waals surface area contributed by atoms with Crippen LogP contribution in [0, 0.1) is 0 Å². The van der Waals surface area contributed by atoms with E-state index in [9.17, 15) is 4.79 Å². The molecule has 2 aliphatic heterocycles. The molecule has 4 heteroatoms. The molecule has 3 fully saturated rings. The molecule has 1 amide bonds. The quantitative estimate of drug-likeness (QED) is 0.840. The predicted molar refractivity (Wildman–Crippen MR) is 102 cm³/mol.